The number of hydrogen-bond donors (Lipinski definition) is 3. The maximum Gasteiger partial charge on any atom is 0.416 e. The van der Waals surface area contributed by atoms with Crippen molar-refractivity contribution in [1.82, 2.24) is 20.5 Å². The van der Waals surface area contributed by atoms with E-state index in [4.69, 9.17) is 11.6 Å². The number of hydrogen-bond acceptors (Lipinski definition) is 3. The van der Waals surface area contributed by atoms with E-state index in [-0.39, 0.29) is 23.2 Å². The third-order valence-electron chi connectivity index (χ3n) is 7.10. The van der Waals surface area contributed by atoms with Crippen LogP contribution in [-0.4, -0.2) is 52.8 Å². The number of rotatable bonds is 6. The number of carbonyl (C=O) groups excluding carboxylic acids is 3. The van der Waals surface area contributed by atoms with E-state index >= 15 is 0 Å². The van der Waals surface area contributed by atoms with Crippen LogP contribution in [0.25, 0.3) is 10.9 Å². The first kappa shape index (κ1) is 29.5. The number of aromatic nitrogens is 1. The van der Waals surface area contributed by atoms with Crippen LogP contribution in [0.5, 0.6) is 0 Å². The van der Waals surface area contributed by atoms with Crippen LogP contribution in [0.2, 0.25) is 5.02 Å². The predicted octanol–water partition coefficient (Wildman–Crippen LogP) is 5.80. The van der Waals surface area contributed by atoms with Crippen molar-refractivity contribution in [3.8, 4) is 0 Å². The third kappa shape index (κ3) is 6.60. The van der Waals surface area contributed by atoms with Crippen molar-refractivity contribution in [3.05, 3.63) is 70.4 Å². The molecule has 1 aliphatic heterocycles. The normalized spacial score (nSPS) is 17.0. The van der Waals surface area contributed by atoms with Gasteiger partial charge in [-0.1, -0.05) is 50.6 Å². The SMILES string of the molecule is CC(C)(C)[C@H](NC(=O)c1cc2ccccc2[nH]1)C(=O)NC[C@@H]1CCCCN1C(=O)c1ccc(C(F)(F)F)cc1Cl. The smallest absolute Gasteiger partial charge is 0.352 e. The van der Waals surface area contributed by atoms with Crippen LogP contribution in [-0.2, 0) is 11.0 Å². The highest BCUT2D eigenvalue weighted by Gasteiger charge is 2.36. The fourth-order valence-electron chi connectivity index (χ4n) is 4.90. The largest absolute Gasteiger partial charge is 0.416 e. The van der Waals surface area contributed by atoms with Gasteiger partial charge in [0.15, 0.2) is 0 Å². The van der Waals surface area contributed by atoms with Crippen LogP contribution in [0.1, 0.15) is 66.4 Å². The molecule has 1 aliphatic rings. The van der Waals surface area contributed by atoms with Crippen molar-refractivity contribution in [3.63, 3.8) is 0 Å². The summed E-state index contributed by atoms with van der Waals surface area (Å²) in [4.78, 5) is 44.3. The van der Waals surface area contributed by atoms with Crippen LogP contribution >= 0.6 is 11.6 Å². The van der Waals surface area contributed by atoms with Crippen molar-refractivity contribution >= 4 is 40.2 Å². The zero-order valence-corrected chi connectivity index (χ0v) is 23.2. The lowest BCUT2D eigenvalue weighted by Crippen LogP contribution is -2.56. The molecule has 3 N–H and O–H groups in total. The summed E-state index contributed by atoms with van der Waals surface area (Å²) in [7, 11) is 0. The topological polar surface area (TPSA) is 94.3 Å². The monoisotopic (exact) mass is 576 g/mol. The van der Waals surface area contributed by atoms with Gasteiger partial charge in [-0.05, 0) is 55.0 Å². The molecule has 4 rings (SSSR count). The molecule has 3 aromatic rings. The summed E-state index contributed by atoms with van der Waals surface area (Å²) in [5, 5.41) is 6.31. The molecule has 2 aromatic carbocycles. The predicted molar refractivity (Wildman–Crippen MR) is 147 cm³/mol. The Morgan fingerprint density at radius 1 is 1.07 bits per heavy atom. The molecule has 0 bridgehead atoms. The fourth-order valence-corrected chi connectivity index (χ4v) is 5.16. The Morgan fingerprint density at radius 3 is 2.45 bits per heavy atom. The molecule has 1 aromatic heterocycles. The second-order valence-corrected chi connectivity index (χ2v) is 11.5. The minimum absolute atomic E-state index is 0.0222. The number of piperidine rings is 1. The molecule has 0 radical (unpaired) electrons. The van der Waals surface area contributed by atoms with Gasteiger partial charge in [0.1, 0.15) is 11.7 Å². The molecule has 2 atom stereocenters. The highest BCUT2D eigenvalue weighted by molar-refractivity contribution is 6.33. The number of H-pyrrole nitrogens is 1. The molecule has 0 spiro atoms. The van der Waals surface area contributed by atoms with Crippen LogP contribution in [0, 0.1) is 5.41 Å². The lowest BCUT2D eigenvalue weighted by molar-refractivity contribution is -0.137. The van der Waals surface area contributed by atoms with Crippen molar-refractivity contribution in [2.75, 3.05) is 13.1 Å². The number of nitrogens with one attached hydrogen (secondary N) is 3. The van der Waals surface area contributed by atoms with Crippen molar-refractivity contribution in [2.45, 2.75) is 58.3 Å². The van der Waals surface area contributed by atoms with Gasteiger partial charge < -0.3 is 20.5 Å². The number of aromatic amines is 1. The summed E-state index contributed by atoms with van der Waals surface area (Å²) in [6.45, 7) is 6.03. The summed E-state index contributed by atoms with van der Waals surface area (Å²) in [6, 6.07) is 10.6. The van der Waals surface area contributed by atoms with Gasteiger partial charge in [0, 0.05) is 30.0 Å². The van der Waals surface area contributed by atoms with Crippen LogP contribution in [0.15, 0.2) is 48.5 Å². The summed E-state index contributed by atoms with van der Waals surface area (Å²) in [5.74, 6) is -1.31. The van der Waals surface area contributed by atoms with Crippen molar-refractivity contribution in [1.29, 1.82) is 0 Å². The third-order valence-corrected chi connectivity index (χ3v) is 7.42. The molecular formula is C29H32ClF3N4O3. The second-order valence-electron chi connectivity index (χ2n) is 11.1. The highest BCUT2D eigenvalue weighted by atomic mass is 35.5. The number of alkyl halides is 3. The van der Waals surface area contributed by atoms with Gasteiger partial charge in [0.2, 0.25) is 5.91 Å². The zero-order valence-electron chi connectivity index (χ0n) is 22.5. The van der Waals surface area contributed by atoms with E-state index in [9.17, 15) is 27.6 Å². The summed E-state index contributed by atoms with van der Waals surface area (Å²) >= 11 is 6.08. The quantitative estimate of drug-likeness (QED) is 0.346. The van der Waals surface area contributed by atoms with E-state index in [2.05, 4.69) is 15.6 Å². The Labute approximate surface area is 235 Å². The number of benzene rings is 2. The number of halogens is 4. The van der Waals surface area contributed by atoms with E-state index in [0.29, 0.717) is 18.7 Å². The van der Waals surface area contributed by atoms with Gasteiger partial charge in [0.05, 0.1) is 16.1 Å². The van der Waals surface area contributed by atoms with Gasteiger partial charge >= 0.3 is 6.18 Å². The Morgan fingerprint density at radius 2 is 1.80 bits per heavy atom. The van der Waals surface area contributed by atoms with Gasteiger partial charge in [-0.15, -0.1) is 0 Å². The van der Waals surface area contributed by atoms with Crippen molar-refractivity contribution < 1.29 is 27.6 Å². The molecule has 0 unspecified atom stereocenters. The lowest BCUT2D eigenvalue weighted by atomic mass is 9.86. The Kier molecular flexibility index (Phi) is 8.49. The first-order valence-corrected chi connectivity index (χ1v) is 13.5. The minimum atomic E-state index is -4.57. The van der Waals surface area contributed by atoms with E-state index in [1.54, 1.807) is 11.0 Å². The van der Waals surface area contributed by atoms with Gasteiger partial charge in [-0.3, -0.25) is 14.4 Å². The summed E-state index contributed by atoms with van der Waals surface area (Å²) < 4.78 is 39.1. The highest BCUT2D eigenvalue weighted by Crippen LogP contribution is 2.33. The average Bonchev–Trinajstić information content (AvgIpc) is 3.33. The molecule has 3 amide bonds. The van der Waals surface area contributed by atoms with Crippen LogP contribution < -0.4 is 10.6 Å². The van der Waals surface area contributed by atoms with E-state index in [1.165, 1.54) is 0 Å². The molecule has 0 aliphatic carbocycles. The maximum absolute atomic E-state index is 13.3. The molecular weight excluding hydrogens is 545 g/mol. The lowest BCUT2D eigenvalue weighted by Gasteiger charge is -2.37. The minimum Gasteiger partial charge on any atom is -0.352 e. The second kappa shape index (κ2) is 11.5. The van der Waals surface area contributed by atoms with Crippen LogP contribution in [0.3, 0.4) is 0 Å². The number of amides is 3. The molecule has 214 valence electrons. The Hall–Kier alpha value is -3.53. The number of likely N-dealkylation sites (tertiary alicyclic amines) is 1. The number of nitrogens with zero attached hydrogens (tertiary/aromatic N) is 1. The average molecular weight is 577 g/mol. The standard InChI is InChI=1S/C29H32ClF3N4O3/c1-28(2,3)24(36-25(38)23-14-17-8-4-5-10-22(17)35-23)26(39)34-16-19-9-6-7-13-37(19)27(40)20-12-11-18(15-21(20)30)29(31,32)33/h4-5,8,10-12,14-15,19,24,35H,6-7,9,13,16H2,1-3H3,(H,34,39)(H,36,38)/t19-,24+/m0/s1. The molecule has 2 heterocycles. The molecule has 7 nitrogen and oxygen atoms in total. The summed E-state index contributed by atoms with van der Waals surface area (Å²) in [6.07, 6.45) is -2.42. The van der Waals surface area contributed by atoms with Gasteiger partial charge in [0.25, 0.3) is 11.8 Å². The molecule has 0 saturated carbocycles. The zero-order chi connectivity index (χ0) is 29.2. The number of fused-ring (bicyclic) bond motifs is 1. The van der Waals surface area contributed by atoms with Gasteiger partial charge in [-0.2, -0.15) is 13.2 Å². The van der Waals surface area contributed by atoms with Gasteiger partial charge in [-0.25, -0.2) is 0 Å². The van der Waals surface area contributed by atoms with Crippen LogP contribution in [0.4, 0.5) is 13.2 Å². The van der Waals surface area contributed by atoms with E-state index in [0.717, 1.165) is 41.9 Å². The number of carbonyl (C=O) groups is 3. The first-order chi connectivity index (χ1) is 18.8. The fraction of sp³-hybridized carbons (Fsp3) is 0.414. The number of para-hydroxylation sites is 1. The Bertz CT molecular complexity index is 1380. The molecule has 40 heavy (non-hydrogen) atoms. The molecule has 11 heteroatoms. The van der Waals surface area contributed by atoms with E-state index in [1.807, 2.05) is 45.0 Å². The molecule has 1 saturated heterocycles. The summed E-state index contributed by atoms with van der Waals surface area (Å²) in [5.41, 5.74) is -0.438. The first-order valence-electron chi connectivity index (χ1n) is 13.1. The molecule has 1 fully saturated rings. The maximum atomic E-state index is 13.3. The van der Waals surface area contributed by atoms with Crippen molar-refractivity contribution in [2.24, 2.45) is 5.41 Å². The Balaban J connectivity index is 1.45. The van der Waals surface area contributed by atoms with E-state index < -0.39 is 40.9 Å².